The predicted octanol–water partition coefficient (Wildman–Crippen LogP) is 1.78. The molecule has 1 aromatic carbocycles. The van der Waals surface area contributed by atoms with Crippen molar-refractivity contribution in [2.24, 2.45) is 0 Å². The van der Waals surface area contributed by atoms with Crippen molar-refractivity contribution in [3.8, 4) is 0 Å². The molecule has 0 aromatic heterocycles. The lowest BCUT2D eigenvalue weighted by Gasteiger charge is -2.13. The van der Waals surface area contributed by atoms with Crippen LogP contribution >= 0.6 is 15.9 Å². The fraction of sp³-hybridized carbons (Fsp3) is 0.636. The van der Waals surface area contributed by atoms with Crippen LogP contribution in [0.1, 0.15) is 20.7 Å². The standard InChI is InChI=1S/C22H32BrNO8/c23-5-7-27-9-11-29-13-15-31-17-18-32-16-14-30-12-10-28-8-6-24-21(25)19-3-1-2-4-20(19)22(24)26/h1-4H,5-18H2. The Labute approximate surface area is 197 Å². The maximum atomic E-state index is 12.2. The van der Waals surface area contributed by atoms with Crippen LogP contribution in [-0.4, -0.2) is 108 Å². The number of hydrogen-bond donors (Lipinski definition) is 0. The topological polar surface area (TPSA) is 92.8 Å². The highest BCUT2D eigenvalue weighted by Crippen LogP contribution is 2.21. The summed E-state index contributed by atoms with van der Waals surface area (Å²) in [4.78, 5) is 25.7. The van der Waals surface area contributed by atoms with Crippen molar-refractivity contribution in [1.29, 1.82) is 0 Å². The Kier molecular flexibility index (Phi) is 14.4. The van der Waals surface area contributed by atoms with Gasteiger partial charge in [-0.05, 0) is 12.1 Å². The lowest BCUT2D eigenvalue weighted by atomic mass is 10.1. The molecule has 1 aromatic rings. The minimum atomic E-state index is -0.269. The summed E-state index contributed by atoms with van der Waals surface area (Å²) in [5, 5.41) is 0.829. The van der Waals surface area contributed by atoms with Crippen LogP contribution in [-0.2, 0) is 28.4 Å². The number of imide groups is 1. The number of hydrogen-bond acceptors (Lipinski definition) is 8. The molecule has 0 saturated heterocycles. The summed E-state index contributed by atoms with van der Waals surface area (Å²) >= 11 is 3.29. The van der Waals surface area contributed by atoms with E-state index in [1.54, 1.807) is 24.3 Å². The van der Waals surface area contributed by atoms with E-state index in [-0.39, 0.29) is 25.0 Å². The van der Waals surface area contributed by atoms with Crippen molar-refractivity contribution in [1.82, 2.24) is 4.90 Å². The smallest absolute Gasteiger partial charge is 0.261 e. The van der Waals surface area contributed by atoms with Gasteiger partial charge in [-0.1, -0.05) is 28.1 Å². The van der Waals surface area contributed by atoms with E-state index in [1.807, 2.05) is 0 Å². The Morgan fingerprint density at radius 3 is 1.28 bits per heavy atom. The van der Waals surface area contributed by atoms with Crippen LogP contribution in [0.3, 0.4) is 0 Å². The molecule has 180 valence electrons. The van der Waals surface area contributed by atoms with E-state index in [0.29, 0.717) is 83.8 Å². The van der Waals surface area contributed by atoms with Crippen LogP contribution in [0, 0.1) is 0 Å². The normalized spacial score (nSPS) is 13.2. The number of alkyl halides is 1. The second kappa shape index (κ2) is 17.1. The molecule has 0 aliphatic carbocycles. The SMILES string of the molecule is O=C1c2ccccc2C(=O)N1CCOCCOCCOCCOCCOCCOCCBr. The monoisotopic (exact) mass is 517 g/mol. The number of carbonyl (C=O) groups is 2. The molecule has 0 N–H and O–H groups in total. The Hall–Kier alpha value is -1.40. The maximum Gasteiger partial charge on any atom is 0.261 e. The summed E-state index contributed by atoms with van der Waals surface area (Å²) in [6.45, 7) is 6.13. The molecule has 1 aliphatic heterocycles. The van der Waals surface area contributed by atoms with Gasteiger partial charge in [0.25, 0.3) is 11.8 Å². The lowest BCUT2D eigenvalue weighted by molar-refractivity contribution is -0.0165. The fourth-order valence-corrected chi connectivity index (χ4v) is 3.08. The predicted molar refractivity (Wildman–Crippen MR) is 121 cm³/mol. The number of amides is 2. The molecule has 2 rings (SSSR count). The average molecular weight is 518 g/mol. The first kappa shape index (κ1) is 26.8. The molecular formula is C22H32BrNO8. The van der Waals surface area contributed by atoms with Crippen LogP contribution in [0.4, 0.5) is 0 Å². The second-order valence-corrected chi connectivity index (χ2v) is 7.46. The Morgan fingerprint density at radius 2 is 0.906 bits per heavy atom. The van der Waals surface area contributed by atoms with Crippen molar-refractivity contribution in [3.05, 3.63) is 35.4 Å². The summed E-state index contributed by atoms with van der Waals surface area (Å²) in [6, 6.07) is 6.83. The molecule has 0 radical (unpaired) electrons. The van der Waals surface area contributed by atoms with Gasteiger partial charge in [-0.2, -0.15) is 0 Å². The van der Waals surface area contributed by atoms with E-state index in [0.717, 1.165) is 5.33 Å². The third-order valence-electron chi connectivity index (χ3n) is 4.42. The van der Waals surface area contributed by atoms with Crippen LogP contribution in [0.25, 0.3) is 0 Å². The quantitative estimate of drug-likeness (QED) is 0.147. The van der Waals surface area contributed by atoms with Gasteiger partial charge in [-0.15, -0.1) is 0 Å². The van der Waals surface area contributed by atoms with Gasteiger partial charge in [0, 0.05) is 5.33 Å². The zero-order valence-corrected chi connectivity index (χ0v) is 19.9. The van der Waals surface area contributed by atoms with Crippen LogP contribution < -0.4 is 0 Å². The van der Waals surface area contributed by atoms with Crippen molar-refractivity contribution < 1.29 is 38.0 Å². The Bertz CT molecular complexity index is 640. The van der Waals surface area contributed by atoms with Gasteiger partial charge in [0.15, 0.2) is 0 Å². The van der Waals surface area contributed by atoms with Gasteiger partial charge < -0.3 is 28.4 Å². The highest BCUT2D eigenvalue weighted by Gasteiger charge is 2.34. The molecule has 0 atom stereocenters. The van der Waals surface area contributed by atoms with E-state index < -0.39 is 0 Å². The first-order chi connectivity index (χ1) is 15.8. The van der Waals surface area contributed by atoms with E-state index in [4.69, 9.17) is 28.4 Å². The van der Waals surface area contributed by atoms with E-state index >= 15 is 0 Å². The number of rotatable bonds is 20. The van der Waals surface area contributed by atoms with E-state index in [9.17, 15) is 9.59 Å². The fourth-order valence-electron chi connectivity index (χ4n) is 2.85. The molecule has 9 nitrogen and oxygen atoms in total. The van der Waals surface area contributed by atoms with Crippen molar-refractivity contribution >= 4 is 27.7 Å². The molecule has 0 unspecified atom stereocenters. The number of benzene rings is 1. The van der Waals surface area contributed by atoms with Gasteiger partial charge in [-0.25, -0.2) is 0 Å². The highest BCUT2D eigenvalue weighted by molar-refractivity contribution is 9.09. The van der Waals surface area contributed by atoms with Crippen LogP contribution in [0.15, 0.2) is 24.3 Å². The summed E-state index contributed by atoms with van der Waals surface area (Å²) in [5.41, 5.74) is 0.900. The average Bonchev–Trinajstić information content (AvgIpc) is 3.05. The molecule has 1 aliphatic rings. The van der Waals surface area contributed by atoms with Crippen molar-refractivity contribution in [2.75, 3.05) is 91.2 Å². The first-order valence-corrected chi connectivity index (χ1v) is 11.9. The van der Waals surface area contributed by atoms with Crippen LogP contribution in [0.5, 0.6) is 0 Å². The van der Waals surface area contributed by atoms with Crippen molar-refractivity contribution in [3.63, 3.8) is 0 Å². The minimum Gasteiger partial charge on any atom is -0.378 e. The molecule has 0 bridgehead atoms. The van der Waals surface area contributed by atoms with Gasteiger partial charge in [0.2, 0.25) is 0 Å². The third kappa shape index (κ3) is 10.0. The van der Waals surface area contributed by atoms with Crippen LogP contribution in [0.2, 0.25) is 0 Å². The maximum absolute atomic E-state index is 12.2. The van der Waals surface area contributed by atoms with Gasteiger partial charge >= 0.3 is 0 Å². The first-order valence-electron chi connectivity index (χ1n) is 10.7. The van der Waals surface area contributed by atoms with E-state index in [1.165, 1.54) is 4.90 Å². The highest BCUT2D eigenvalue weighted by atomic mass is 79.9. The summed E-state index contributed by atoms with van der Waals surface area (Å²) in [7, 11) is 0. The van der Waals surface area contributed by atoms with Gasteiger partial charge in [0.05, 0.1) is 97.0 Å². The number of ether oxygens (including phenoxy) is 6. The summed E-state index contributed by atoms with van der Waals surface area (Å²) in [5.74, 6) is -0.538. The van der Waals surface area contributed by atoms with Gasteiger partial charge in [-0.3, -0.25) is 14.5 Å². The number of fused-ring (bicyclic) bond motifs is 1. The number of nitrogens with zero attached hydrogens (tertiary/aromatic N) is 1. The molecule has 1 heterocycles. The molecule has 2 amide bonds. The second-order valence-electron chi connectivity index (χ2n) is 6.67. The largest absolute Gasteiger partial charge is 0.378 e. The number of carbonyl (C=O) groups excluding carboxylic acids is 2. The molecular weight excluding hydrogens is 486 g/mol. The third-order valence-corrected chi connectivity index (χ3v) is 4.74. The Balaban J connectivity index is 1.32. The minimum absolute atomic E-state index is 0.228. The zero-order chi connectivity index (χ0) is 22.9. The summed E-state index contributed by atoms with van der Waals surface area (Å²) in [6.07, 6.45) is 0. The summed E-state index contributed by atoms with van der Waals surface area (Å²) < 4.78 is 32.3. The number of halogens is 1. The van der Waals surface area contributed by atoms with E-state index in [2.05, 4.69) is 15.9 Å². The van der Waals surface area contributed by atoms with Gasteiger partial charge in [0.1, 0.15) is 0 Å². The molecule has 32 heavy (non-hydrogen) atoms. The van der Waals surface area contributed by atoms with Crippen molar-refractivity contribution in [2.45, 2.75) is 0 Å². The Morgan fingerprint density at radius 1 is 0.562 bits per heavy atom. The zero-order valence-electron chi connectivity index (χ0n) is 18.3. The molecule has 0 fully saturated rings. The molecule has 0 spiro atoms. The molecule has 0 saturated carbocycles. The lowest BCUT2D eigenvalue weighted by Crippen LogP contribution is -2.33. The molecule has 10 heteroatoms.